The molecule has 0 aliphatic rings. The first kappa shape index (κ1) is 26.3. The van der Waals surface area contributed by atoms with Crippen LogP contribution in [-0.2, 0) is 15.6 Å². The third kappa shape index (κ3) is 7.02. The van der Waals surface area contributed by atoms with E-state index in [0.29, 0.717) is 12.2 Å². The molecule has 5 heteroatoms. The Kier molecular flexibility index (Phi) is 9.25. The van der Waals surface area contributed by atoms with Crippen LogP contribution in [0.15, 0.2) is 54.6 Å². The van der Waals surface area contributed by atoms with E-state index < -0.39 is 8.32 Å². The Morgan fingerprint density at radius 1 is 1.06 bits per heavy atom. The number of hydrogen-bond acceptors (Lipinski definition) is 4. The number of esters is 1. The second-order valence-electron chi connectivity index (χ2n) is 10.1. The van der Waals surface area contributed by atoms with Gasteiger partial charge in [-0.2, -0.15) is 0 Å². The molecule has 4 nitrogen and oxygen atoms in total. The summed E-state index contributed by atoms with van der Waals surface area (Å²) in [5.74, 6) is -0.261. The van der Waals surface area contributed by atoms with Gasteiger partial charge in [0.05, 0.1) is 18.3 Å². The van der Waals surface area contributed by atoms with Crippen LogP contribution in [0.25, 0.3) is 0 Å². The summed E-state index contributed by atoms with van der Waals surface area (Å²) in [5.41, 5.74) is 2.97. The van der Waals surface area contributed by atoms with E-state index in [9.17, 15) is 4.79 Å². The van der Waals surface area contributed by atoms with Crippen LogP contribution >= 0.6 is 0 Å². The summed E-state index contributed by atoms with van der Waals surface area (Å²) < 4.78 is 12.1. The van der Waals surface area contributed by atoms with Gasteiger partial charge in [-0.15, -0.1) is 0 Å². The quantitative estimate of drug-likeness (QED) is 0.303. The van der Waals surface area contributed by atoms with Gasteiger partial charge in [-0.25, -0.2) is 4.79 Å². The van der Waals surface area contributed by atoms with Gasteiger partial charge in [0.2, 0.25) is 0 Å². The molecule has 0 heterocycles. The maximum absolute atomic E-state index is 12.1. The molecule has 0 aliphatic heterocycles. The molecule has 2 atom stereocenters. The first-order valence-electron chi connectivity index (χ1n) is 11.7. The largest absolute Gasteiger partial charge is 0.462 e. The molecule has 0 saturated heterocycles. The molecule has 2 aromatic rings. The highest BCUT2D eigenvalue weighted by molar-refractivity contribution is 6.74. The molecule has 176 valence electrons. The van der Waals surface area contributed by atoms with E-state index >= 15 is 0 Å². The van der Waals surface area contributed by atoms with Crippen molar-refractivity contribution < 1.29 is 14.0 Å². The van der Waals surface area contributed by atoms with Crippen molar-refractivity contribution >= 4 is 14.3 Å². The molecule has 32 heavy (non-hydrogen) atoms. The van der Waals surface area contributed by atoms with Crippen molar-refractivity contribution in [3.05, 3.63) is 71.3 Å². The predicted octanol–water partition coefficient (Wildman–Crippen LogP) is 6.49. The van der Waals surface area contributed by atoms with Crippen LogP contribution in [0.1, 0.15) is 62.2 Å². The highest BCUT2D eigenvalue weighted by Crippen LogP contribution is 2.41. The number of hydrogen-bond donors (Lipinski definition) is 0. The maximum Gasteiger partial charge on any atom is 0.338 e. The van der Waals surface area contributed by atoms with Crippen molar-refractivity contribution in [1.29, 1.82) is 0 Å². The zero-order valence-electron chi connectivity index (χ0n) is 21.1. The Hall–Kier alpha value is -1.95. The van der Waals surface area contributed by atoms with E-state index in [-0.39, 0.29) is 23.2 Å². The minimum Gasteiger partial charge on any atom is -0.462 e. The van der Waals surface area contributed by atoms with E-state index in [4.69, 9.17) is 9.16 Å². The van der Waals surface area contributed by atoms with Crippen molar-refractivity contribution in [3.8, 4) is 0 Å². The van der Waals surface area contributed by atoms with Gasteiger partial charge in [0.15, 0.2) is 8.32 Å². The zero-order valence-corrected chi connectivity index (χ0v) is 22.1. The van der Waals surface area contributed by atoms with Crippen molar-refractivity contribution in [2.45, 2.75) is 71.3 Å². The number of ether oxygens (including phenoxy) is 1. The lowest BCUT2D eigenvalue weighted by molar-refractivity contribution is 0.0526. The lowest BCUT2D eigenvalue weighted by atomic mass is 10.0. The molecule has 0 N–H and O–H groups in total. The molecule has 0 fully saturated rings. The summed E-state index contributed by atoms with van der Waals surface area (Å²) in [5, 5.41) is 0.145. The van der Waals surface area contributed by atoms with Crippen molar-refractivity contribution in [2.75, 3.05) is 20.2 Å². The standard InChI is InChI=1S/C27H41NO3Si/c1-9-30-26(29)24-17-13-14-22(20-24)18-19-28(6)21(2)25(23-15-11-10-12-16-23)31-32(7,8)27(3,4)5/h10-17,20-21,25H,9,18-19H2,1-8H3/t21-,25-/m1/s1. The van der Waals surface area contributed by atoms with Gasteiger partial charge >= 0.3 is 5.97 Å². The lowest BCUT2D eigenvalue weighted by Crippen LogP contribution is -2.46. The molecule has 0 amide bonds. The minimum absolute atomic E-state index is 0.00737. The van der Waals surface area contributed by atoms with Crippen molar-refractivity contribution in [2.24, 2.45) is 0 Å². The van der Waals surface area contributed by atoms with Crippen molar-refractivity contribution in [1.82, 2.24) is 4.90 Å². The van der Waals surface area contributed by atoms with Gasteiger partial charge < -0.3 is 14.1 Å². The van der Waals surface area contributed by atoms with E-state index in [2.05, 4.69) is 89.1 Å². The third-order valence-electron chi connectivity index (χ3n) is 6.68. The summed E-state index contributed by atoms with van der Waals surface area (Å²) in [4.78, 5) is 14.4. The number of carbonyl (C=O) groups excluding carboxylic acids is 1. The number of carbonyl (C=O) groups is 1. The molecular formula is C27H41NO3Si. The molecule has 2 rings (SSSR count). The fourth-order valence-electron chi connectivity index (χ4n) is 3.39. The SMILES string of the molecule is CCOC(=O)c1cccc(CCN(C)[C@H](C)[C@@H](O[Si](C)(C)C(C)(C)C)c2ccccc2)c1. The van der Waals surface area contributed by atoms with E-state index in [1.807, 2.05) is 25.1 Å². The second-order valence-corrected chi connectivity index (χ2v) is 14.9. The van der Waals surface area contributed by atoms with Gasteiger partial charge in [-0.05, 0) is 68.7 Å². The van der Waals surface area contributed by atoms with E-state index in [0.717, 1.165) is 18.5 Å². The summed E-state index contributed by atoms with van der Waals surface area (Å²) in [6.45, 7) is 16.8. The Morgan fingerprint density at radius 2 is 1.72 bits per heavy atom. The number of likely N-dealkylation sites (N-methyl/N-ethyl adjacent to an activating group) is 1. The summed E-state index contributed by atoms with van der Waals surface area (Å²) >= 11 is 0. The number of rotatable bonds is 10. The van der Waals surface area contributed by atoms with Gasteiger partial charge in [0.1, 0.15) is 0 Å². The first-order valence-corrected chi connectivity index (χ1v) is 14.6. The summed E-state index contributed by atoms with van der Waals surface area (Å²) in [6, 6.07) is 18.5. The molecule has 0 bridgehead atoms. The van der Waals surface area contributed by atoms with Crippen LogP contribution in [0.5, 0.6) is 0 Å². The first-order chi connectivity index (χ1) is 15.0. The van der Waals surface area contributed by atoms with E-state index in [1.165, 1.54) is 5.56 Å². The van der Waals surface area contributed by atoms with Crippen LogP contribution in [0.2, 0.25) is 18.1 Å². The lowest BCUT2D eigenvalue weighted by Gasteiger charge is -2.43. The zero-order chi connectivity index (χ0) is 23.9. The predicted molar refractivity (Wildman–Crippen MR) is 136 cm³/mol. The van der Waals surface area contributed by atoms with Crippen LogP contribution in [0, 0.1) is 0 Å². The molecular weight excluding hydrogens is 414 g/mol. The average Bonchev–Trinajstić information content (AvgIpc) is 2.75. The van der Waals surface area contributed by atoms with Crippen LogP contribution in [0.3, 0.4) is 0 Å². The number of benzene rings is 2. The van der Waals surface area contributed by atoms with Crippen LogP contribution in [-0.4, -0.2) is 45.4 Å². The second kappa shape index (κ2) is 11.3. The van der Waals surface area contributed by atoms with Gasteiger partial charge in [-0.1, -0.05) is 63.2 Å². The van der Waals surface area contributed by atoms with Gasteiger partial charge in [0.25, 0.3) is 0 Å². The Balaban J connectivity index is 2.15. The normalized spacial score (nSPS) is 14.3. The Morgan fingerprint density at radius 3 is 2.31 bits per heavy atom. The average molecular weight is 456 g/mol. The fraction of sp³-hybridized carbons (Fsp3) is 0.519. The Labute approximate surface area is 196 Å². The summed E-state index contributed by atoms with van der Waals surface area (Å²) in [6.07, 6.45) is 0.864. The number of nitrogens with zero attached hydrogens (tertiary/aromatic N) is 1. The Bertz CT molecular complexity index is 861. The highest BCUT2D eigenvalue weighted by atomic mass is 28.4. The molecule has 0 aliphatic carbocycles. The molecule has 0 spiro atoms. The van der Waals surface area contributed by atoms with Gasteiger partial charge in [0, 0.05) is 12.6 Å². The van der Waals surface area contributed by atoms with Gasteiger partial charge in [-0.3, -0.25) is 0 Å². The van der Waals surface area contributed by atoms with Crippen LogP contribution in [0.4, 0.5) is 0 Å². The highest BCUT2D eigenvalue weighted by Gasteiger charge is 2.41. The van der Waals surface area contributed by atoms with E-state index in [1.54, 1.807) is 0 Å². The third-order valence-corrected chi connectivity index (χ3v) is 11.1. The van der Waals surface area contributed by atoms with Crippen molar-refractivity contribution in [3.63, 3.8) is 0 Å². The molecule has 0 radical (unpaired) electrons. The maximum atomic E-state index is 12.1. The topological polar surface area (TPSA) is 38.8 Å². The van der Waals surface area contributed by atoms with Crippen LogP contribution < -0.4 is 0 Å². The molecule has 0 unspecified atom stereocenters. The fourth-order valence-corrected chi connectivity index (χ4v) is 4.71. The molecule has 0 aromatic heterocycles. The minimum atomic E-state index is -1.95. The monoisotopic (exact) mass is 455 g/mol. The summed E-state index contributed by atoms with van der Waals surface area (Å²) in [7, 11) is 0.205. The molecule has 0 saturated carbocycles. The molecule has 2 aromatic carbocycles. The smallest absolute Gasteiger partial charge is 0.338 e.